The third-order valence-corrected chi connectivity index (χ3v) is 3.52. The fraction of sp³-hybridized carbons (Fsp3) is 0.250. The number of aryl methyl sites for hydroxylation is 1. The molecule has 0 bridgehead atoms. The van der Waals surface area contributed by atoms with Crippen LogP contribution < -0.4 is 0 Å². The molecule has 0 saturated carbocycles. The lowest BCUT2D eigenvalue weighted by atomic mass is 10.1. The highest BCUT2D eigenvalue weighted by molar-refractivity contribution is 9.10. The van der Waals surface area contributed by atoms with Gasteiger partial charge in [0.05, 0.1) is 5.69 Å². The molecule has 2 rings (SSSR count). The maximum atomic E-state index is 4.52. The number of hydrogen-bond donors (Lipinski definition) is 0. The average Bonchev–Trinajstić information content (AvgIpc) is 2.48. The Bertz CT molecular complexity index is 460. The molecule has 0 radical (unpaired) electrons. The van der Waals surface area contributed by atoms with E-state index in [1.165, 1.54) is 5.56 Å². The second-order valence-corrected chi connectivity index (χ2v) is 4.37. The summed E-state index contributed by atoms with van der Waals surface area (Å²) in [5, 5.41) is 0. The Morgan fingerprint density at radius 2 is 1.93 bits per heavy atom. The van der Waals surface area contributed by atoms with Gasteiger partial charge in [-0.15, -0.1) is 0 Å². The summed E-state index contributed by atoms with van der Waals surface area (Å²) in [6.45, 7) is 2.01. The van der Waals surface area contributed by atoms with Gasteiger partial charge in [0.2, 0.25) is 0 Å². The molecule has 0 N–H and O–H groups in total. The molecular formula is C12H13BrN2. The molecule has 0 saturated heterocycles. The Labute approximate surface area is 98.1 Å². The molecule has 0 aliphatic carbocycles. The Balaban J connectivity index is 2.29. The van der Waals surface area contributed by atoms with Crippen LogP contribution in [0, 0.1) is 6.92 Å². The first-order chi connectivity index (χ1) is 7.18. The predicted molar refractivity (Wildman–Crippen MR) is 64.9 cm³/mol. The molecule has 0 aliphatic heterocycles. The molecule has 2 aromatic rings. The van der Waals surface area contributed by atoms with Crippen LogP contribution in [0.3, 0.4) is 0 Å². The van der Waals surface area contributed by atoms with Crippen molar-refractivity contribution >= 4 is 15.9 Å². The molecule has 0 aliphatic rings. The summed E-state index contributed by atoms with van der Waals surface area (Å²) in [4.78, 5) is 4.52. The van der Waals surface area contributed by atoms with Gasteiger partial charge in [-0.05, 0) is 28.4 Å². The van der Waals surface area contributed by atoms with Gasteiger partial charge in [0.25, 0.3) is 0 Å². The molecule has 0 amide bonds. The van der Waals surface area contributed by atoms with E-state index in [4.69, 9.17) is 0 Å². The van der Waals surface area contributed by atoms with Gasteiger partial charge in [-0.25, -0.2) is 4.98 Å². The fourth-order valence-electron chi connectivity index (χ4n) is 1.55. The van der Waals surface area contributed by atoms with E-state index in [0.717, 1.165) is 22.5 Å². The molecule has 78 valence electrons. The van der Waals surface area contributed by atoms with Crippen molar-refractivity contribution in [2.24, 2.45) is 7.05 Å². The van der Waals surface area contributed by atoms with Crippen molar-refractivity contribution in [3.63, 3.8) is 0 Å². The number of aromatic nitrogens is 2. The Morgan fingerprint density at radius 3 is 2.47 bits per heavy atom. The van der Waals surface area contributed by atoms with Crippen molar-refractivity contribution in [3.8, 4) is 0 Å². The van der Waals surface area contributed by atoms with Gasteiger partial charge in [-0.3, -0.25) is 0 Å². The molecule has 3 heteroatoms. The SMILES string of the molecule is Cc1nc(Cc2ccccc2)c(Br)n1C. The Kier molecular flexibility index (Phi) is 2.91. The van der Waals surface area contributed by atoms with Crippen LogP contribution in [0.15, 0.2) is 34.9 Å². The monoisotopic (exact) mass is 264 g/mol. The Hall–Kier alpha value is -1.09. The predicted octanol–water partition coefficient (Wildman–Crippen LogP) is 3.08. The van der Waals surface area contributed by atoms with Gasteiger partial charge < -0.3 is 4.57 Å². The zero-order valence-electron chi connectivity index (χ0n) is 8.87. The van der Waals surface area contributed by atoms with Gasteiger partial charge in [0.1, 0.15) is 10.4 Å². The third-order valence-electron chi connectivity index (χ3n) is 2.53. The van der Waals surface area contributed by atoms with Crippen LogP contribution in [0.2, 0.25) is 0 Å². The second-order valence-electron chi connectivity index (χ2n) is 3.62. The van der Waals surface area contributed by atoms with Crippen LogP contribution in [0.5, 0.6) is 0 Å². The maximum Gasteiger partial charge on any atom is 0.108 e. The summed E-state index contributed by atoms with van der Waals surface area (Å²) in [5.41, 5.74) is 2.39. The molecule has 15 heavy (non-hydrogen) atoms. The quantitative estimate of drug-likeness (QED) is 0.815. The molecule has 0 atom stereocenters. The average molecular weight is 265 g/mol. The van der Waals surface area contributed by atoms with E-state index in [0.29, 0.717) is 0 Å². The highest BCUT2D eigenvalue weighted by atomic mass is 79.9. The van der Waals surface area contributed by atoms with Crippen LogP contribution in [0.1, 0.15) is 17.1 Å². The number of benzene rings is 1. The third kappa shape index (κ3) is 2.12. The first kappa shape index (κ1) is 10.4. The molecule has 0 unspecified atom stereocenters. The fourth-order valence-corrected chi connectivity index (χ4v) is 2.04. The molecule has 1 aromatic heterocycles. The first-order valence-corrected chi connectivity index (χ1v) is 5.69. The smallest absolute Gasteiger partial charge is 0.108 e. The lowest BCUT2D eigenvalue weighted by molar-refractivity contribution is 0.839. The van der Waals surface area contributed by atoms with Gasteiger partial charge in [0, 0.05) is 13.5 Å². The molecule has 1 heterocycles. The lowest BCUT2D eigenvalue weighted by Gasteiger charge is -1.99. The van der Waals surface area contributed by atoms with Crippen LogP contribution in [-0.2, 0) is 13.5 Å². The number of hydrogen-bond acceptors (Lipinski definition) is 1. The highest BCUT2D eigenvalue weighted by Gasteiger charge is 2.09. The van der Waals surface area contributed by atoms with Crippen LogP contribution in [0.4, 0.5) is 0 Å². The van der Waals surface area contributed by atoms with E-state index in [-0.39, 0.29) is 0 Å². The largest absolute Gasteiger partial charge is 0.326 e. The minimum absolute atomic E-state index is 0.878. The zero-order valence-corrected chi connectivity index (χ0v) is 10.5. The van der Waals surface area contributed by atoms with Crippen molar-refractivity contribution in [2.75, 3.05) is 0 Å². The van der Waals surface area contributed by atoms with Crippen LogP contribution in [0.25, 0.3) is 0 Å². The number of imidazole rings is 1. The van der Waals surface area contributed by atoms with Crippen molar-refractivity contribution in [2.45, 2.75) is 13.3 Å². The van der Waals surface area contributed by atoms with Crippen molar-refractivity contribution < 1.29 is 0 Å². The standard InChI is InChI=1S/C12H13BrN2/c1-9-14-11(12(13)15(9)2)8-10-6-4-3-5-7-10/h3-7H,8H2,1-2H3. The first-order valence-electron chi connectivity index (χ1n) is 4.90. The maximum absolute atomic E-state index is 4.52. The van der Waals surface area contributed by atoms with Gasteiger partial charge >= 0.3 is 0 Å². The summed E-state index contributed by atoms with van der Waals surface area (Å²) in [7, 11) is 2.01. The van der Waals surface area contributed by atoms with Gasteiger partial charge in [-0.1, -0.05) is 30.3 Å². The zero-order chi connectivity index (χ0) is 10.8. The number of nitrogens with zero attached hydrogens (tertiary/aromatic N) is 2. The lowest BCUT2D eigenvalue weighted by Crippen LogP contribution is -1.91. The van der Waals surface area contributed by atoms with E-state index in [1.807, 2.05) is 20.0 Å². The minimum atomic E-state index is 0.878. The minimum Gasteiger partial charge on any atom is -0.326 e. The van der Waals surface area contributed by atoms with E-state index in [9.17, 15) is 0 Å². The van der Waals surface area contributed by atoms with Gasteiger partial charge in [0.15, 0.2) is 0 Å². The summed E-state index contributed by atoms with van der Waals surface area (Å²) < 4.78 is 3.13. The van der Waals surface area contributed by atoms with Crippen LogP contribution >= 0.6 is 15.9 Å². The second kappa shape index (κ2) is 4.19. The molecular weight excluding hydrogens is 252 g/mol. The van der Waals surface area contributed by atoms with Crippen molar-refractivity contribution in [3.05, 3.63) is 52.0 Å². The van der Waals surface area contributed by atoms with Crippen LogP contribution in [-0.4, -0.2) is 9.55 Å². The molecule has 0 fully saturated rings. The molecule has 2 nitrogen and oxygen atoms in total. The van der Waals surface area contributed by atoms with Crippen molar-refractivity contribution in [1.82, 2.24) is 9.55 Å². The summed E-state index contributed by atoms with van der Waals surface area (Å²) >= 11 is 3.56. The van der Waals surface area contributed by atoms with E-state index in [1.54, 1.807) is 0 Å². The summed E-state index contributed by atoms with van der Waals surface area (Å²) in [5.74, 6) is 1.04. The van der Waals surface area contributed by atoms with E-state index < -0.39 is 0 Å². The Morgan fingerprint density at radius 1 is 1.27 bits per heavy atom. The molecule has 0 spiro atoms. The number of halogens is 1. The summed E-state index contributed by atoms with van der Waals surface area (Å²) in [6.07, 6.45) is 0.878. The van der Waals surface area contributed by atoms with E-state index >= 15 is 0 Å². The summed E-state index contributed by atoms with van der Waals surface area (Å²) in [6, 6.07) is 10.4. The van der Waals surface area contributed by atoms with Gasteiger partial charge in [-0.2, -0.15) is 0 Å². The molecule has 1 aromatic carbocycles. The highest BCUT2D eigenvalue weighted by Crippen LogP contribution is 2.19. The normalized spacial score (nSPS) is 10.6. The van der Waals surface area contributed by atoms with E-state index in [2.05, 4.69) is 49.7 Å². The topological polar surface area (TPSA) is 17.8 Å². The van der Waals surface area contributed by atoms with Crippen molar-refractivity contribution in [1.29, 1.82) is 0 Å². The number of rotatable bonds is 2.